The zero-order valence-electron chi connectivity index (χ0n) is 15.8. The van der Waals surface area contributed by atoms with Gasteiger partial charge in [0, 0.05) is 13.1 Å². The van der Waals surface area contributed by atoms with Crippen LogP contribution in [0.4, 0.5) is 0 Å². The number of hydrogen-bond acceptors (Lipinski definition) is 2. The highest BCUT2D eigenvalue weighted by Gasteiger charge is 1.97. The third-order valence-electron chi connectivity index (χ3n) is 4.24. The molecule has 0 heterocycles. The first kappa shape index (κ1) is 21.3. The maximum atomic E-state index is 4.67. The fraction of sp³-hybridized carbons (Fsp3) is 0.900. The quantitative estimate of drug-likeness (QED) is 0.239. The van der Waals surface area contributed by atoms with E-state index in [1.807, 2.05) is 0 Å². The molecule has 0 saturated heterocycles. The number of nitrogens with zero attached hydrogens (tertiary/aromatic N) is 2. The molecule has 0 spiro atoms. The van der Waals surface area contributed by atoms with E-state index in [0.717, 1.165) is 24.5 Å². The van der Waals surface area contributed by atoms with Gasteiger partial charge in [-0.25, -0.2) is 0 Å². The molecule has 0 atom stereocenters. The Morgan fingerprint density at radius 3 is 1.18 bits per heavy atom. The van der Waals surface area contributed by atoms with Crippen molar-refractivity contribution in [2.45, 2.75) is 105 Å². The van der Waals surface area contributed by atoms with Crippen molar-refractivity contribution in [2.24, 2.45) is 9.98 Å². The van der Waals surface area contributed by atoms with E-state index >= 15 is 0 Å². The van der Waals surface area contributed by atoms with Gasteiger partial charge in [-0.15, -0.1) is 0 Å². The van der Waals surface area contributed by atoms with E-state index in [-0.39, 0.29) is 0 Å². The average Bonchev–Trinajstić information content (AvgIpc) is 2.52. The number of unbranched alkanes of at least 4 members (excludes halogenated alkanes) is 10. The highest BCUT2D eigenvalue weighted by molar-refractivity contribution is 6.40. The summed E-state index contributed by atoms with van der Waals surface area (Å²) in [5, 5.41) is 0. The normalized spacial score (nSPS) is 12.9. The molecule has 0 rings (SSSR count). The van der Waals surface area contributed by atoms with Gasteiger partial charge < -0.3 is 0 Å². The minimum Gasteiger partial charge on any atom is -0.288 e. The molecular weight excluding hydrogens is 268 g/mol. The second kappa shape index (κ2) is 16.7. The van der Waals surface area contributed by atoms with Crippen LogP contribution in [0.1, 0.15) is 105 Å². The molecule has 0 aromatic carbocycles. The fourth-order valence-electron chi connectivity index (χ4n) is 2.51. The van der Waals surface area contributed by atoms with E-state index in [2.05, 4.69) is 37.7 Å². The SMILES string of the molecule is CCCCCCCCN=C(C)C(C)=NCCCCCCCC. The second-order valence-electron chi connectivity index (χ2n) is 6.47. The van der Waals surface area contributed by atoms with Crippen LogP contribution < -0.4 is 0 Å². The Morgan fingerprint density at radius 2 is 0.818 bits per heavy atom. The van der Waals surface area contributed by atoms with E-state index in [0.29, 0.717) is 0 Å². The zero-order chi connectivity index (χ0) is 16.5. The third kappa shape index (κ3) is 14.3. The van der Waals surface area contributed by atoms with Crippen LogP contribution in [0.5, 0.6) is 0 Å². The smallest absolute Gasteiger partial charge is 0.0524 e. The van der Waals surface area contributed by atoms with Crippen LogP contribution in [0.3, 0.4) is 0 Å². The van der Waals surface area contributed by atoms with Gasteiger partial charge in [0.05, 0.1) is 11.4 Å². The highest BCUT2D eigenvalue weighted by atomic mass is 14.8. The van der Waals surface area contributed by atoms with Crippen LogP contribution in [0.25, 0.3) is 0 Å². The molecule has 0 unspecified atom stereocenters. The van der Waals surface area contributed by atoms with Crippen molar-refractivity contribution in [3.05, 3.63) is 0 Å². The summed E-state index contributed by atoms with van der Waals surface area (Å²) in [5.41, 5.74) is 2.28. The average molecular weight is 309 g/mol. The molecule has 0 aliphatic carbocycles. The topological polar surface area (TPSA) is 24.7 Å². The van der Waals surface area contributed by atoms with Gasteiger partial charge in [-0.1, -0.05) is 78.1 Å². The van der Waals surface area contributed by atoms with Crippen molar-refractivity contribution in [1.29, 1.82) is 0 Å². The number of hydrogen-bond donors (Lipinski definition) is 0. The van der Waals surface area contributed by atoms with Crippen LogP contribution in [0.2, 0.25) is 0 Å². The van der Waals surface area contributed by atoms with Gasteiger partial charge in [0.1, 0.15) is 0 Å². The van der Waals surface area contributed by atoms with E-state index in [1.165, 1.54) is 77.0 Å². The summed E-state index contributed by atoms with van der Waals surface area (Å²) in [6.45, 7) is 10.7. The largest absolute Gasteiger partial charge is 0.288 e. The fourth-order valence-corrected chi connectivity index (χ4v) is 2.51. The molecular formula is C20H40N2. The molecule has 0 aromatic rings. The van der Waals surface area contributed by atoms with E-state index in [4.69, 9.17) is 0 Å². The van der Waals surface area contributed by atoms with Crippen LogP contribution in [-0.2, 0) is 0 Å². The molecule has 0 amide bonds. The first-order chi connectivity index (χ1) is 10.7. The predicted molar refractivity (Wildman–Crippen MR) is 103 cm³/mol. The summed E-state index contributed by atoms with van der Waals surface area (Å²) in [6, 6.07) is 0. The summed E-state index contributed by atoms with van der Waals surface area (Å²) in [5.74, 6) is 0. The first-order valence-corrected chi connectivity index (χ1v) is 9.74. The van der Waals surface area contributed by atoms with Crippen LogP contribution in [0.15, 0.2) is 9.98 Å². The molecule has 2 nitrogen and oxygen atoms in total. The Morgan fingerprint density at radius 1 is 0.500 bits per heavy atom. The monoisotopic (exact) mass is 308 g/mol. The van der Waals surface area contributed by atoms with E-state index < -0.39 is 0 Å². The number of aliphatic imine (C=N–C) groups is 2. The van der Waals surface area contributed by atoms with E-state index in [1.54, 1.807) is 0 Å². The standard InChI is InChI=1S/C20H40N2/c1-5-7-9-11-13-15-17-21-19(3)20(4)22-18-16-14-12-10-8-6-2/h5-18H2,1-4H3. The molecule has 0 bridgehead atoms. The first-order valence-electron chi connectivity index (χ1n) is 9.74. The minimum absolute atomic E-state index is 0.974. The summed E-state index contributed by atoms with van der Waals surface area (Å²) in [6.07, 6.45) is 16.0. The molecule has 0 saturated carbocycles. The molecule has 22 heavy (non-hydrogen) atoms. The van der Waals surface area contributed by atoms with Crippen molar-refractivity contribution in [2.75, 3.05) is 13.1 Å². The second-order valence-corrected chi connectivity index (χ2v) is 6.47. The van der Waals surface area contributed by atoms with Crippen molar-refractivity contribution in [3.63, 3.8) is 0 Å². The Hall–Kier alpha value is -0.660. The lowest BCUT2D eigenvalue weighted by Gasteiger charge is -2.03. The van der Waals surface area contributed by atoms with Gasteiger partial charge in [-0.2, -0.15) is 0 Å². The van der Waals surface area contributed by atoms with Gasteiger partial charge in [0.15, 0.2) is 0 Å². The van der Waals surface area contributed by atoms with Crippen LogP contribution in [0, 0.1) is 0 Å². The van der Waals surface area contributed by atoms with Crippen molar-refractivity contribution < 1.29 is 0 Å². The van der Waals surface area contributed by atoms with Crippen LogP contribution >= 0.6 is 0 Å². The Labute approximate surface area is 139 Å². The third-order valence-corrected chi connectivity index (χ3v) is 4.24. The Bertz CT molecular complexity index is 262. The van der Waals surface area contributed by atoms with E-state index in [9.17, 15) is 0 Å². The number of rotatable bonds is 15. The lowest BCUT2D eigenvalue weighted by Crippen LogP contribution is -2.07. The molecule has 0 N–H and O–H groups in total. The molecule has 0 aliphatic heterocycles. The maximum Gasteiger partial charge on any atom is 0.0524 e. The molecule has 130 valence electrons. The molecule has 2 heteroatoms. The summed E-state index contributed by atoms with van der Waals surface area (Å²) >= 11 is 0. The predicted octanol–water partition coefficient (Wildman–Crippen LogP) is 6.63. The molecule has 0 radical (unpaired) electrons. The van der Waals surface area contributed by atoms with Crippen molar-refractivity contribution >= 4 is 11.4 Å². The van der Waals surface area contributed by atoms with Gasteiger partial charge in [0.2, 0.25) is 0 Å². The lowest BCUT2D eigenvalue weighted by molar-refractivity contribution is 0.612. The molecule has 0 aliphatic rings. The Balaban J connectivity index is 3.63. The summed E-state index contributed by atoms with van der Waals surface area (Å²) in [4.78, 5) is 9.33. The van der Waals surface area contributed by atoms with Crippen molar-refractivity contribution in [3.8, 4) is 0 Å². The van der Waals surface area contributed by atoms with Crippen LogP contribution in [-0.4, -0.2) is 24.5 Å². The van der Waals surface area contributed by atoms with Gasteiger partial charge in [-0.05, 0) is 26.7 Å². The summed E-state index contributed by atoms with van der Waals surface area (Å²) in [7, 11) is 0. The van der Waals surface area contributed by atoms with Gasteiger partial charge in [0.25, 0.3) is 0 Å². The maximum absolute atomic E-state index is 4.67. The van der Waals surface area contributed by atoms with Gasteiger partial charge in [-0.3, -0.25) is 9.98 Å². The summed E-state index contributed by atoms with van der Waals surface area (Å²) < 4.78 is 0. The Kier molecular flexibility index (Phi) is 16.2. The highest BCUT2D eigenvalue weighted by Crippen LogP contribution is 2.06. The molecule has 0 aromatic heterocycles. The lowest BCUT2D eigenvalue weighted by atomic mass is 10.1. The molecule has 0 fully saturated rings. The van der Waals surface area contributed by atoms with Gasteiger partial charge >= 0.3 is 0 Å². The van der Waals surface area contributed by atoms with Crippen molar-refractivity contribution in [1.82, 2.24) is 0 Å². The zero-order valence-corrected chi connectivity index (χ0v) is 15.8. The minimum atomic E-state index is 0.974.